The lowest BCUT2D eigenvalue weighted by Crippen LogP contribution is -2.34. The first kappa shape index (κ1) is 14.5. The number of nitrogens with one attached hydrogen (secondary N) is 1. The predicted molar refractivity (Wildman–Crippen MR) is 71.1 cm³/mol. The highest BCUT2D eigenvalue weighted by atomic mass is 16.5. The fourth-order valence-electron chi connectivity index (χ4n) is 1.74. The number of benzene rings is 1. The van der Waals surface area contributed by atoms with E-state index in [1.165, 1.54) is 5.56 Å². The topological polar surface area (TPSA) is 58.6 Å². The molecule has 100 valence electrons. The number of hydrogen-bond donors (Lipinski definition) is 2. The molecule has 0 aliphatic heterocycles. The van der Waals surface area contributed by atoms with Gasteiger partial charge in [0.25, 0.3) is 0 Å². The van der Waals surface area contributed by atoms with Crippen molar-refractivity contribution in [1.82, 2.24) is 5.32 Å². The average molecular weight is 251 g/mol. The van der Waals surface area contributed by atoms with E-state index >= 15 is 0 Å². The molecule has 0 amide bonds. The first-order chi connectivity index (χ1) is 8.45. The summed E-state index contributed by atoms with van der Waals surface area (Å²) in [7, 11) is 1.65. The number of carbonyl (C=O) groups is 1. The van der Waals surface area contributed by atoms with E-state index in [2.05, 4.69) is 19.2 Å². The van der Waals surface area contributed by atoms with E-state index in [1.807, 2.05) is 24.3 Å². The van der Waals surface area contributed by atoms with Gasteiger partial charge >= 0.3 is 5.97 Å². The molecule has 18 heavy (non-hydrogen) atoms. The Bertz CT molecular complexity index is 385. The molecule has 0 unspecified atom stereocenters. The minimum absolute atomic E-state index is 0.0369. The van der Waals surface area contributed by atoms with Gasteiger partial charge in [0.05, 0.1) is 13.5 Å². The van der Waals surface area contributed by atoms with Gasteiger partial charge in [-0.05, 0) is 17.7 Å². The molecule has 0 atom stereocenters. The Morgan fingerprint density at radius 3 is 2.44 bits per heavy atom. The van der Waals surface area contributed by atoms with Gasteiger partial charge in [-0.15, -0.1) is 0 Å². The lowest BCUT2D eigenvalue weighted by atomic mass is 9.84. The largest absolute Gasteiger partial charge is 0.497 e. The highest BCUT2D eigenvalue weighted by Gasteiger charge is 2.19. The summed E-state index contributed by atoms with van der Waals surface area (Å²) in [6.45, 7) is 5.49. The van der Waals surface area contributed by atoms with Gasteiger partial charge in [0.2, 0.25) is 0 Å². The molecular formula is C14H21NO3. The van der Waals surface area contributed by atoms with Gasteiger partial charge in [-0.25, -0.2) is 0 Å². The molecule has 1 rings (SSSR count). The van der Waals surface area contributed by atoms with Crippen LogP contribution in [0.2, 0.25) is 0 Å². The lowest BCUT2D eigenvalue weighted by Gasteiger charge is -2.26. The van der Waals surface area contributed by atoms with Crippen molar-refractivity contribution in [3.05, 3.63) is 29.8 Å². The summed E-state index contributed by atoms with van der Waals surface area (Å²) in [6.07, 6.45) is 0.151. The summed E-state index contributed by atoms with van der Waals surface area (Å²) in [4.78, 5) is 10.4. The molecule has 2 N–H and O–H groups in total. The van der Waals surface area contributed by atoms with E-state index < -0.39 is 5.97 Å². The Morgan fingerprint density at radius 2 is 1.94 bits per heavy atom. The smallest absolute Gasteiger partial charge is 0.304 e. The monoisotopic (exact) mass is 251 g/mol. The number of hydrogen-bond acceptors (Lipinski definition) is 3. The van der Waals surface area contributed by atoms with Gasteiger partial charge in [0.15, 0.2) is 0 Å². The van der Waals surface area contributed by atoms with Crippen LogP contribution in [0.5, 0.6) is 5.75 Å². The fourth-order valence-corrected chi connectivity index (χ4v) is 1.74. The zero-order chi connectivity index (χ0) is 13.6. The third-order valence-electron chi connectivity index (χ3n) is 2.95. The number of aliphatic carboxylic acids is 1. The number of ether oxygens (including phenoxy) is 1. The number of methoxy groups -OCH3 is 1. The molecule has 4 nitrogen and oxygen atoms in total. The maximum absolute atomic E-state index is 10.4. The van der Waals surface area contributed by atoms with Gasteiger partial charge in [-0.2, -0.15) is 0 Å². The lowest BCUT2D eigenvalue weighted by molar-refractivity contribution is -0.136. The van der Waals surface area contributed by atoms with E-state index in [0.29, 0.717) is 6.54 Å². The Hall–Kier alpha value is -1.55. The first-order valence-corrected chi connectivity index (χ1v) is 6.03. The molecular weight excluding hydrogens is 230 g/mol. The molecule has 0 saturated heterocycles. The Kier molecular flexibility index (Phi) is 5.16. The van der Waals surface area contributed by atoms with Crippen LogP contribution in [-0.4, -0.2) is 31.3 Å². The average Bonchev–Trinajstić information content (AvgIpc) is 2.34. The number of carboxylic acid groups (broad SMARTS) is 1. The van der Waals surface area contributed by atoms with Crippen molar-refractivity contribution < 1.29 is 14.6 Å². The first-order valence-electron chi connectivity index (χ1n) is 6.03. The van der Waals surface area contributed by atoms with Crippen LogP contribution in [0.25, 0.3) is 0 Å². The molecule has 0 aliphatic rings. The van der Waals surface area contributed by atoms with Crippen molar-refractivity contribution in [3.8, 4) is 5.75 Å². The molecule has 0 aromatic heterocycles. The molecule has 0 fully saturated rings. The Morgan fingerprint density at radius 1 is 1.33 bits per heavy atom. The summed E-state index contributed by atoms with van der Waals surface area (Å²) in [6, 6.07) is 7.96. The van der Waals surface area contributed by atoms with Gasteiger partial charge in [0.1, 0.15) is 5.75 Å². The van der Waals surface area contributed by atoms with Gasteiger partial charge in [-0.3, -0.25) is 4.79 Å². The van der Waals surface area contributed by atoms with Crippen molar-refractivity contribution in [2.24, 2.45) is 0 Å². The quantitative estimate of drug-likeness (QED) is 0.728. The van der Waals surface area contributed by atoms with Crippen LogP contribution in [0.15, 0.2) is 24.3 Å². The van der Waals surface area contributed by atoms with Crippen LogP contribution in [0.3, 0.4) is 0 Å². The molecule has 0 aliphatic carbocycles. The summed E-state index contributed by atoms with van der Waals surface area (Å²) >= 11 is 0. The number of rotatable bonds is 7. The second-order valence-corrected chi connectivity index (χ2v) is 4.93. The summed E-state index contributed by atoms with van der Waals surface area (Å²) < 4.78 is 5.13. The van der Waals surface area contributed by atoms with Crippen LogP contribution < -0.4 is 10.1 Å². The summed E-state index contributed by atoms with van der Waals surface area (Å²) in [5, 5.41) is 11.7. The van der Waals surface area contributed by atoms with E-state index in [9.17, 15) is 4.79 Å². The highest BCUT2D eigenvalue weighted by Crippen LogP contribution is 2.24. The summed E-state index contributed by atoms with van der Waals surface area (Å²) in [5.41, 5.74) is 1.16. The van der Waals surface area contributed by atoms with Crippen LogP contribution in [0.4, 0.5) is 0 Å². The third-order valence-corrected chi connectivity index (χ3v) is 2.95. The fraction of sp³-hybridized carbons (Fsp3) is 0.500. The van der Waals surface area contributed by atoms with E-state index in [1.54, 1.807) is 7.11 Å². The zero-order valence-corrected chi connectivity index (χ0v) is 11.2. The van der Waals surface area contributed by atoms with E-state index in [4.69, 9.17) is 9.84 Å². The van der Waals surface area contributed by atoms with E-state index in [-0.39, 0.29) is 11.8 Å². The standard InChI is InChI=1S/C14H21NO3/c1-14(2,10-15-9-8-13(16)17)11-4-6-12(18-3)7-5-11/h4-7,15H,8-10H2,1-3H3,(H,16,17). The molecule has 0 bridgehead atoms. The minimum atomic E-state index is -0.773. The molecule has 0 saturated carbocycles. The van der Waals surface area contributed by atoms with Crippen molar-refractivity contribution in [3.63, 3.8) is 0 Å². The SMILES string of the molecule is COc1ccc(C(C)(C)CNCCC(=O)O)cc1. The van der Waals surface area contributed by atoms with Crippen molar-refractivity contribution in [2.75, 3.05) is 20.2 Å². The second kappa shape index (κ2) is 6.40. The van der Waals surface area contributed by atoms with Gasteiger partial charge in [0, 0.05) is 18.5 Å². The molecule has 0 radical (unpaired) electrons. The van der Waals surface area contributed by atoms with Gasteiger partial charge in [-0.1, -0.05) is 26.0 Å². The second-order valence-electron chi connectivity index (χ2n) is 4.93. The Labute approximate surface area is 108 Å². The minimum Gasteiger partial charge on any atom is -0.497 e. The third kappa shape index (κ3) is 4.37. The zero-order valence-electron chi connectivity index (χ0n) is 11.2. The van der Waals surface area contributed by atoms with Crippen molar-refractivity contribution in [1.29, 1.82) is 0 Å². The maximum Gasteiger partial charge on any atom is 0.304 e. The van der Waals surface area contributed by atoms with Crippen molar-refractivity contribution >= 4 is 5.97 Å². The molecule has 4 heteroatoms. The summed E-state index contributed by atoms with van der Waals surface area (Å²) in [5.74, 6) is 0.0677. The normalized spacial score (nSPS) is 11.3. The molecule has 0 spiro atoms. The van der Waals surface area contributed by atoms with Crippen LogP contribution in [0.1, 0.15) is 25.8 Å². The highest BCUT2D eigenvalue weighted by molar-refractivity contribution is 5.66. The van der Waals surface area contributed by atoms with Gasteiger partial charge < -0.3 is 15.2 Å². The predicted octanol–water partition coefficient (Wildman–Crippen LogP) is 2.04. The van der Waals surface area contributed by atoms with Crippen LogP contribution in [-0.2, 0) is 10.2 Å². The molecule has 1 aromatic carbocycles. The molecule has 0 heterocycles. The van der Waals surface area contributed by atoms with Crippen molar-refractivity contribution in [2.45, 2.75) is 25.7 Å². The number of carboxylic acids is 1. The van der Waals surface area contributed by atoms with Crippen LogP contribution >= 0.6 is 0 Å². The Balaban J connectivity index is 2.53. The van der Waals surface area contributed by atoms with E-state index in [0.717, 1.165) is 12.3 Å². The maximum atomic E-state index is 10.4. The van der Waals surface area contributed by atoms with Crippen LogP contribution in [0, 0.1) is 0 Å². The molecule has 1 aromatic rings.